The molecular formula is C12H19FN2. The normalized spacial score (nSPS) is 11.9. The Morgan fingerprint density at radius 3 is 2.67 bits per heavy atom. The number of nitrogens with one attached hydrogen (secondary N) is 1. The number of pyridine rings is 1. The second kappa shape index (κ2) is 4.60. The van der Waals surface area contributed by atoms with E-state index in [-0.39, 0.29) is 5.41 Å². The summed E-state index contributed by atoms with van der Waals surface area (Å²) in [6.45, 7) is 9.60. The molecule has 3 heteroatoms. The fraction of sp³-hybridized carbons (Fsp3) is 0.583. The van der Waals surface area contributed by atoms with Gasteiger partial charge in [0.05, 0.1) is 0 Å². The highest BCUT2D eigenvalue weighted by Crippen LogP contribution is 2.26. The Morgan fingerprint density at radius 1 is 1.47 bits per heavy atom. The molecule has 0 aliphatic heterocycles. The van der Waals surface area contributed by atoms with E-state index in [2.05, 4.69) is 38.0 Å². The molecule has 1 rings (SSSR count). The van der Waals surface area contributed by atoms with Gasteiger partial charge in [0.25, 0.3) is 0 Å². The molecule has 0 spiro atoms. The van der Waals surface area contributed by atoms with Crippen molar-refractivity contribution in [3.8, 4) is 0 Å². The van der Waals surface area contributed by atoms with Crippen molar-refractivity contribution in [1.82, 2.24) is 4.98 Å². The number of halogens is 1. The van der Waals surface area contributed by atoms with Gasteiger partial charge < -0.3 is 5.32 Å². The number of hydrogen-bond donors (Lipinski definition) is 1. The summed E-state index contributed by atoms with van der Waals surface area (Å²) in [5.74, 6) is 0.138. The van der Waals surface area contributed by atoms with E-state index in [1.54, 1.807) is 6.07 Å². The first-order chi connectivity index (χ1) is 6.92. The summed E-state index contributed by atoms with van der Waals surface area (Å²) in [5.41, 5.74) is 0.982. The maximum Gasteiger partial charge on any atom is 0.214 e. The van der Waals surface area contributed by atoms with Gasteiger partial charge in [0, 0.05) is 24.5 Å². The Bertz CT molecular complexity index is 321. The van der Waals surface area contributed by atoms with E-state index in [9.17, 15) is 4.39 Å². The summed E-state index contributed by atoms with van der Waals surface area (Å²) in [5, 5.41) is 3.23. The Morgan fingerprint density at radius 2 is 2.13 bits per heavy atom. The van der Waals surface area contributed by atoms with Crippen molar-refractivity contribution in [3.63, 3.8) is 0 Å². The van der Waals surface area contributed by atoms with E-state index < -0.39 is 5.95 Å². The molecule has 15 heavy (non-hydrogen) atoms. The molecule has 0 atom stereocenters. The van der Waals surface area contributed by atoms with Gasteiger partial charge >= 0.3 is 0 Å². The smallest absolute Gasteiger partial charge is 0.214 e. The first kappa shape index (κ1) is 12.0. The number of rotatable bonds is 4. The molecule has 2 nitrogen and oxygen atoms in total. The molecule has 1 aromatic heterocycles. The van der Waals surface area contributed by atoms with Crippen molar-refractivity contribution < 1.29 is 4.39 Å². The maximum absolute atomic E-state index is 12.8. The average Bonchev–Trinajstić information content (AvgIpc) is 2.15. The summed E-state index contributed by atoms with van der Waals surface area (Å²) in [4.78, 5) is 3.51. The molecule has 0 saturated carbocycles. The second-order valence-corrected chi connectivity index (χ2v) is 4.86. The molecule has 0 aliphatic rings. The van der Waals surface area contributed by atoms with Gasteiger partial charge in [-0.2, -0.15) is 4.39 Å². The molecule has 1 heterocycles. The predicted molar refractivity (Wildman–Crippen MR) is 61.3 cm³/mol. The molecule has 0 aromatic carbocycles. The zero-order chi connectivity index (χ0) is 11.5. The van der Waals surface area contributed by atoms with E-state index in [0.29, 0.717) is 5.92 Å². The summed E-state index contributed by atoms with van der Waals surface area (Å²) in [6, 6.07) is 3.19. The van der Waals surface area contributed by atoms with Crippen LogP contribution in [0.3, 0.4) is 0 Å². The largest absolute Gasteiger partial charge is 0.384 e. The zero-order valence-electron chi connectivity index (χ0n) is 9.84. The molecule has 0 amide bonds. The van der Waals surface area contributed by atoms with Crippen LogP contribution in [-0.4, -0.2) is 11.5 Å². The quantitative estimate of drug-likeness (QED) is 0.771. The summed E-state index contributed by atoms with van der Waals surface area (Å²) in [7, 11) is 0. The van der Waals surface area contributed by atoms with Crippen LogP contribution in [0.25, 0.3) is 0 Å². The number of anilines is 1. The minimum absolute atomic E-state index is 0.194. The standard InChI is InChI=1S/C12H19FN2/c1-9(2)12(3,4)8-15-10-5-6-14-11(13)7-10/h5-7,9H,8H2,1-4H3,(H,14,15). The van der Waals surface area contributed by atoms with E-state index in [0.717, 1.165) is 12.2 Å². The van der Waals surface area contributed by atoms with Gasteiger partial charge in [-0.3, -0.25) is 0 Å². The highest BCUT2D eigenvalue weighted by Gasteiger charge is 2.21. The number of hydrogen-bond acceptors (Lipinski definition) is 2. The molecule has 0 saturated heterocycles. The lowest BCUT2D eigenvalue weighted by atomic mass is 9.81. The molecule has 0 bridgehead atoms. The topological polar surface area (TPSA) is 24.9 Å². The number of nitrogens with zero attached hydrogens (tertiary/aromatic N) is 1. The van der Waals surface area contributed by atoms with Crippen LogP contribution >= 0.6 is 0 Å². The second-order valence-electron chi connectivity index (χ2n) is 4.86. The van der Waals surface area contributed by atoms with Gasteiger partial charge in [0.1, 0.15) is 0 Å². The lowest BCUT2D eigenvalue weighted by Gasteiger charge is -2.29. The fourth-order valence-corrected chi connectivity index (χ4v) is 1.05. The predicted octanol–water partition coefficient (Wildman–Crippen LogP) is 3.31. The van der Waals surface area contributed by atoms with Crippen LogP contribution in [-0.2, 0) is 0 Å². The van der Waals surface area contributed by atoms with Crippen molar-refractivity contribution >= 4 is 5.69 Å². The molecular weight excluding hydrogens is 191 g/mol. The van der Waals surface area contributed by atoms with Crippen LogP contribution in [0.15, 0.2) is 18.3 Å². The van der Waals surface area contributed by atoms with Gasteiger partial charge in [0.15, 0.2) is 0 Å². The number of aromatic nitrogens is 1. The lowest BCUT2D eigenvalue weighted by molar-refractivity contribution is 0.269. The first-order valence-corrected chi connectivity index (χ1v) is 5.27. The molecule has 0 radical (unpaired) electrons. The molecule has 0 fully saturated rings. The minimum Gasteiger partial charge on any atom is -0.384 e. The Labute approximate surface area is 90.9 Å². The third-order valence-corrected chi connectivity index (χ3v) is 3.04. The molecule has 0 aliphatic carbocycles. The Kier molecular flexibility index (Phi) is 3.66. The Hall–Kier alpha value is -1.12. The maximum atomic E-state index is 12.8. The first-order valence-electron chi connectivity index (χ1n) is 5.27. The van der Waals surface area contributed by atoms with Crippen LogP contribution in [0.4, 0.5) is 10.1 Å². The van der Waals surface area contributed by atoms with E-state index in [1.165, 1.54) is 12.3 Å². The lowest BCUT2D eigenvalue weighted by Crippen LogP contribution is -2.28. The van der Waals surface area contributed by atoms with Crippen LogP contribution in [0.2, 0.25) is 0 Å². The highest BCUT2D eigenvalue weighted by molar-refractivity contribution is 5.41. The molecule has 0 unspecified atom stereocenters. The van der Waals surface area contributed by atoms with Gasteiger partial charge in [0.2, 0.25) is 5.95 Å². The molecule has 1 N–H and O–H groups in total. The van der Waals surface area contributed by atoms with Crippen molar-refractivity contribution in [2.45, 2.75) is 27.7 Å². The van der Waals surface area contributed by atoms with Crippen molar-refractivity contribution in [1.29, 1.82) is 0 Å². The van der Waals surface area contributed by atoms with Crippen LogP contribution < -0.4 is 5.32 Å². The van der Waals surface area contributed by atoms with Crippen molar-refractivity contribution in [3.05, 3.63) is 24.3 Å². The van der Waals surface area contributed by atoms with Gasteiger partial charge in [-0.15, -0.1) is 0 Å². The van der Waals surface area contributed by atoms with Crippen molar-refractivity contribution in [2.75, 3.05) is 11.9 Å². The zero-order valence-corrected chi connectivity index (χ0v) is 9.84. The van der Waals surface area contributed by atoms with Gasteiger partial charge in [-0.1, -0.05) is 27.7 Å². The molecule has 1 aromatic rings. The van der Waals surface area contributed by atoms with Crippen LogP contribution in [0.5, 0.6) is 0 Å². The van der Waals surface area contributed by atoms with Crippen molar-refractivity contribution in [2.24, 2.45) is 11.3 Å². The van der Waals surface area contributed by atoms with E-state index in [1.807, 2.05) is 0 Å². The van der Waals surface area contributed by atoms with Gasteiger partial charge in [-0.05, 0) is 17.4 Å². The minimum atomic E-state index is -0.442. The van der Waals surface area contributed by atoms with Gasteiger partial charge in [-0.25, -0.2) is 4.98 Å². The third-order valence-electron chi connectivity index (χ3n) is 3.04. The third kappa shape index (κ3) is 3.50. The summed E-state index contributed by atoms with van der Waals surface area (Å²) < 4.78 is 12.8. The average molecular weight is 210 g/mol. The van der Waals surface area contributed by atoms with Crippen LogP contribution in [0, 0.1) is 17.3 Å². The van der Waals surface area contributed by atoms with Crippen LogP contribution in [0.1, 0.15) is 27.7 Å². The highest BCUT2D eigenvalue weighted by atomic mass is 19.1. The summed E-state index contributed by atoms with van der Waals surface area (Å²) in [6.07, 6.45) is 1.47. The molecule has 84 valence electrons. The summed E-state index contributed by atoms with van der Waals surface area (Å²) >= 11 is 0. The van der Waals surface area contributed by atoms with E-state index >= 15 is 0 Å². The SMILES string of the molecule is CC(C)C(C)(C)CNc1ccnc(F)c1. The monoisotopic (exact) mass is 210 g/mol. The fourth-order valence-electron chi connectivity index (χ4n) is 1.05. The Balaban J connectivity index is 2.57. The van der Waals surface area contributed by atoms with E-state index in [4.69, 9.17) is 0 Å².